The highest BCUT2D eigenvalue weighted by Crippen LogP contribution is 2.11. The Morgan fingerprint density at radius 2 is 1.95 bits per heavy atom. The molecule has 1 amide bonds. The van der Waals surface area contributed by atoms with Crippen LogP contribution in [0.5, 0.6) is 0 Å². The van der Waals surface area contributed by atoms with Gasteiger partial charge >= 0.3 is 0 Å². The number of carbonyl (C=O) groups is 1. The Balaban J connectivity index is 1.87. The van der Waals surface area contributed by atoms with Crippen LogP contribution in [0.15, 0.2) is 48.5 Å². The number of nitrogens with two attached hydrogens (primary N) is 1. The van der Waals surface area contributed by atoms with E-state index in [4.69, 9.17) is 5.73 Å². The number of halogens is 1. The number of hydrogen-bond donors (Lipinski definition) is 2. The lowest BCUT2D eigenvalue weighted by Crippen LogP contribution is -2.35. The second-order valence-corrected chi connectivity index (χ2v) is 5.00. The Kier molecular flexibility index (Phi) is 5.06. The summed E-state index contributed by atoms with van der Waals surface area (Å²) in [5.74, 6) is -0.452. The van der Waals surface area contributed by atoms with Crippen molar-refractivity contribution in [2.45, 2.75) is 19.4 Å². The predicted octanol–water partition coefficient (Wildman–Crippen LogP) is 2.49. The van der Waals surface area contributed by atoms with E-state index in [9.17, 15) is 9.18 Å². The maximum Gasteiger partial charge on any atom is 0.241 e. The van der Waals surface area contributed by atoms with Crippen molar-refractivity contribution in [3.05, 3.63) is 71.0 Å². The van der Waals surface area contributed by atoms with Gasteiger partial charge in [-0.05, 0) is 42.2 Å². The molecule has 0 spiro atoms. The van der Waals surface area contributed by atoms with E-state index in [-0.39, 0.29) is 11.7 Å². The van der Waals surface area contributed by atoms with Crippen LogP contribution in [-0.4, -0.2) is 12.5 Å². The van der Waals surface area contributed by atoms with E-state index in [0.29, 0.717) is 13.0 Å². The van der Waals surface area contributed by atoms with Crippen LogP contribution in [0.4, 0.5) is 4.39 Å². The molecular formula is C17H19FN2O. The second kappa shape index (κ2) is 6.99. The molecule has 0 saturated heterocycles. The van der Waals surface area contributed by atoms with Crippen LogP contribution >= 0.6 is 0 Å². The summed E-state index contributed by atoms with van der Waals surface area (Å²) >= 11 is 0. The van der Waals surface area contributed by atoms with E-state index < -0.39 is 6.04 Å². The summed E-state index contributed by atoms with van der Waals surface area (Å²) in [5, 5.41) is 2.81. The van der Waals surface area contributed by atoms with Gasteiger partial charge in [0.1, 0.15) is 11.9 Å². The van der Waals surface area contributed by atoms with Crippen LogP contribution < -0.4 is 11.1 Å². The quantitative estimate of drug-likeness (QED) is 0.887. The van der Waals surface area contributed by atoms with E-state index >= 15 is 0 Å². The van der Waals surface area contributed by atoms with Gasteiger partial charge < -0.3 is 11.1 Å². The third-order valence-electron chi connectivity index (χ3n) is 3.44. The molecule has 0 aliphatic rings. The van der Waals surface area contributed by atoms with Crippen LogP contribution in [0, 0.1) is 12.7 Å². The molecule has 0 unspecified atom stereocenters. The first-order valence-electron chi connectivity index (χ1n) is 6.91. The summed E-state index contributed by atoms with van der Waals surface area (Å²) in [7, 11) is 0. The average Bonchev–Trinajstić information content (AvgIpc) is 2.49. The van der Waals surface area contributed by atoms with Gasteiger partial charge in [0.15, 0.2) is 0 Å². The topological polar surface area (TPSA) is 55.1 Å². The number of carbonyl (C=O) groups excluding carboxylic acids is 1. The molecule has 0 heterocycles. The van der Waals surface area contributed by atoms with Crippen LogP contribution in [-0.2, 0) is 11.2 Å². The summed E-state index contributed by atoms with van der Waals surface area (Å²) < 4.78 is 13.0. The van der Waals surface area contributed by atoms with E-state index in [1.165, 1.54) is 12.1 Å². The molecule has 4 heteroatoms. The molecule has 0 bridgehead atoms. The van der Waals surface area contributed by atoms with Crippen molar-refractivity contribution in [3.63, 3.8) is 0 Å². The van der Waals surface area contributed by atoms with Crippen LogP contribution in [0.3, 0.4) is 0 Å². The molecule has 0 saturated carbocycles. The zero-order valence-electron chi connectivity index (χ0n) is 12.0. The molecule has 0 radical (unpaired) electrons. The summed E-state index contributed by atoms with van der Waals surface area (Å²) in [6.45, 7) is 2.34. The predicted molar refractivity (Wildman–Crippen MR) is 81.2 cm³/mol. The maximum atomic E-state index is 13.0. The standard InChI is InChI=1S/C17H19FN2O/c1-12-11-15(18)8-7-13(12)9-10-20-17(21)16(19)14-5-3-2-4-6-14/h2-8,11,16H,9-10,19H2,1H3,(H,20,21)/t16-/m0/s1. The molecule has 0 fully saturated rings. The smallest absolute Gasteiger partial charge is 0.241 e. The first-order chi connectivity index (χ1) is 10.1. The van der Waals surface area contributed by atoms with Gasteiger partial charge in [-0.3, -0.25) is 4.79 Å². The van der Waals surface area contributed by atoms with E-state index in [2.05, 4.69) is 5.32 Å². The Hall–Kier alpha value is -2.20. The molecule has 21 heavy (non-hydrogen) atoms. The van der Waals surface area contributed by atoms with Gasteiger partial charge in [0.2, 0.25) is 5.91 Å². The summed E-state index contributed by atoms with van der Waals surface area (Å²) in [4.78, 5) is 12.0. The normalized spacial score (nSPS) is 12.0. The molecule has 1 atom stereocenters. The number of amides is 1. The highest BCUT2D eigenvalue weighted by Gasteiger charge is 2.14. The van der Waals surface area contributed by atoms with Crippen molar-refractivity contribution >= 4 is 5.91 Å². The van der Waals surface area contributed by atoms with Crippen molar-refractivity contribution in [1.29, 1.82) is 0 Å². The lowest BCUT2D eigenvalue weighted by Gasteiger charge is -2.13. The zero-order chi connectivity index (χ0) is 15.2. The van der Waals surface area contributed by atoms with Crippen LogP contribution in [0.1, 0.15) is 22.7 Å². The lowest BCUT2D eigenvalue weighted by atomic mass is 10.0. The van der Waals surface area contributed by atoms with Gasteiger partial charge in [-0.15, -0.1) is 0 Å². The molecular weight excluding hydrogens is 267 g/mol. The summed E-state index contributed by atoms with van der Waals surface area (Å²) in [5.41, 5.74) is 8.60. The zero-order valence-corrected chi connectivity index (χ0v) is 12.0. The third-order valence-corrected chi connectivity index (χ3v) is 3.44. The summed E-state index contributed by atoms with van der Waals surface area (Å²) in [6, 6.07) is 13.2. The van der Waals surface area contributed by atoms with E-state index in [1.54, 1.807) is 6.07 Å². The monoisotopic (exact) mass is 286 g/mol. The molecule has 0 aliphatic carbocycles. The molecule has 0 aliphatic heterocycles. The van der Waals surface area contributed by atoms with Crippen LogP contribution in [0.2, 0.25) is 0 Å². The minimum absolute atomic E-state index is 0.207. The van der Waals surface area contributed by atoms with Crippen molar-refractivity contribution < 1.29 is 9.18 Å². The minimum atomic E-state index is -0.666. The first-order valence-corrected chi connectivity index (χ1v) is 6.91. The number of rotatable bonds is 5. The first kappa shape index (κ1) is 15.2. The number of hydrogen-bond acceptors (Lipinski definition) is 2. The van der Waals surface area contributed by atoms with E-state index in [1.807, 2.05) is 37.3 Å². The number of nitrogens with one attached hydrogen (secondary N) is 1. The van der Waals surface area contributed by atoms with Gasteiger partial charge in [-0.25, -0.2) is 4.39 Å². The fourth-order valence-corrected chi connectivity index (χ4v) is 2.18. The van der Waals surface area contributed by atoms with Gasteiger partial charge in [-0.2, -0.15) is 0 Å². The SMILES string of the molecule is Cc1cc(F)ccc1CCNC(=O)[C@@H](N)c1ccccc1. The molecule has 3 N–H and O–H groups in total. The average molecular weight is 286 g/mol. The van der Waals surface area contributed by atoms with Gasteiger partial charge in [0, 0.05) is 6.54 Å². The maximum absolute atomic E-state index is 13.0. The minimum Gasteiger partial charge on any atom is -0.354 e. The number of benzene rings is 2. The number of aryl methyl sites for hydroxylation is 1. The molecule has 110 valence electrons. The van der Waals surface area contributed by atoms with Crippen molar-refractivity contribution in [2.75, 3.05) is 6.54 Å². The van der Waals surface area contributed by atoms with Gasteiger partial charge in [-0.1, -0.05) is 36.4 Å². The van der Waals surface area contributed by atoms with E-state index in [0.717, 1.165) is 16.7 Å². The Morgan fingerprint density at radius 1 is 1.24 bits per heavy atom. The van der Waals surface area contributed by atoms with Crippen molar-refractivity contribution in [2.24, 2.45) is 5.73 Å². The molecule has 3 nitrogen and oxygen atoms in total. The second-order valence-electron chi connectivity index (χ2n) is 5.00. The highest BCUT2D eigenvalue weighted by atomic mass is 19.1. The van der Waals surface area contributed by atoms with Gasteiger partial charge in [0.05, 0.1) is 0 Å². The summed E-state index contributed by atoms with van der Waals surface area (Å²) in [6.07, 6.45) is 0.652. The Bertz CT molecular complexity index is 613. The largest absolute Gasteiger partial charge is 0.354 e. The van der Waals surface area contributed by atoms with Crippen molar-refractivity contribution in [1.82, 2.24) is 5.32 Å². The highest BCUT2D eigenvalue weighted by molar-refractivity contribution is 5.82. The molecule has 2 aromatic rings. The molecule has 0 aromatic heterocycles. The Morgan fingerprint density at radius 3 is 2.62 bits per heavy atom. The Labute approximate surface area is 124 Å². The lowest BCUT2D eigenvalue weighted by molar-refractivity contribution is -0.122. The fraction of sp³-hybridized carbons (Fsp3) is 0.235. The third kappa shape index (κ3) is 4.13. The molecule has 2 rings (SSSR count). The fourth-order valence-electron chi connectivity index (χ4n) is 2.18. The van der Waals surface area contributed by atoms with Crippen LogP contribution in [0.25, 0.3) is 0 Å². The van der Waals surface area contributed by atoms with Gasteiger partial charge in [0.25, 0.3) is 0 Å². The van der Waals surface area contributed by atoms with Crippen molar-refractivity contribution in [3.8, 4) is 0 Å². The molecule has 2 aromatic carbocycles.